The third-order valence-corrected chi connectivity index (χ3v) is 4.12. The second kappa shape index (κ2) is 13.8. The summed E-state index contributed by atoms with van der Waals surface area (Å²) in [4.78, 5) is 16.1. The summed E-state index contributed by atoms with van der Waals surface area (Å²) in [6.45, 7) is 5.58. The molecule has 0 spiro atoms. The Morgan fingerprint density at radius 1 is 1.10 bits per heavy atom. The molecule has 0 fully saturated rings. The maximum atomic E-state index is 12.9. The fourth-order valence-corrected chi connectivity index (χ4v) is 2.66. The van der Waals surface area contributed by atoms with Crippen molar-refractivity contribution in [2.45, 2.75) is 26.4 Å². The molecule has 2 aromatic carbocycles. The van der Waals surface area contributed by atoms with Crippen molar-refractivity contribution in [3.05, 3.63) is 65.5 Å². The molecule has 2 rings (SSSR count). The van der Waals surface area contributed by atoms with Gasteiger partial charge in [0, 0.05) is 20.1 Å². The maximum absolute atomic E-state index is 12.9. The van der Waals surface area contributed by atoms with Crippen LogP contribution in [0.4, 0.5) is 4.39 Å². The van der Waals surface area contributed by atoms with Crippen molar-refractivity contribution < 1.29 is 13.9 Å². The first-order valence-electron chi connectivity index (χ1n) is 9.65. The van der Waals surface area contributed by atoms with E-state index >= 15 is 0 Å². The molecule has 1 amide bonds. The first-order valence-corrected chi connectivity index (χ1v) is 9.65. The number of amides is 1. The summed E-state index contributed by atoms with van der Waals surface area (Å²) in [5.74, 6) is 1.06. The van der Waals surface area contributed by atoms with Crippen molar-refractivity contribution in [3.63, 3.8) is 0 Å². The number of nitrogens with one attached hydrogen (secondary N) is 3. The minimum absolute atomic E-state index is 0. The lowest BCUT2D eigenvalue weighted by Gasteiger charge is -2.18. The number of benzene rings is 2. The number of hydrogen-bond acceptors (Lipinski definition) is 3. The van der Waals surface area contributed by atoms with E-state index in [-0.39, 0.29) is 48.2 Å². The molecule has 0 aliphatic heterocycles. The Kier molecular flexibility index (Phi) is 11.8. The molecule has 0 bridgehead atoms. The normalized spacial score (nSPS) is 11.8. The zero-order valence-corrected chi connectivity index (χ0v) is 19.9. The molecule has 2 aromatic rings. The van der Waals surface area contributed by atoms with Crippen LogP contribution in [0.1, 0.15) is 18.1 Å². The Labute approximate surface area is 194 Å². The minimum Gasteiger partial charge on any atom is -0.489 e. The molecule has 0 aromatic heterocycles. The fourth-order valence-electron chi connectivity index (χ4n) is 2.66. The molecule has 6 nitrogen and oxygen atoms in total. The van der Waals surface area contributed by atoms with Crippen LogP contribution in [-0.2, 0) is 11.2 Å². The molecule has 164 valence electrons. The fraction of sp³-hybridized carbons (Fsp3) is 0.364. The Balaban J connectivity index is 0.00000450. The summed E-state index contributed by atoms with van der Waals surface area (Å²) < 4.78 is 18.8. The van der Waals surface area contributed by atoms with E-state index in [4.69, 9.17) is 4.74 Å². The van der Waals surface area contributed by atoms with Gasteiger partial charge in [0.2, 0.25) is 5.91 Å². The van der Waals surface area contributed by atoms with E-state index in [0.717, 1.165) is 16.9 Å². The zero-order valence-electron chi connectivity index (χ0n) is 17.6. The van der Waals surface area contributed by atoms with Crippen molar-refractivity contribution >= 4 is 35.8 Å². The SMILES string of the molecule is CN=C(NCCNC(=O)Cc1ccc(F)cc1)NCC(C)Oc1cccc(C)c1.I. The van der Waals surface area contributed by atoms with Crippen LogP contribution in [-0.4, -0.2) is 44.7 Å². The number of halogens is 2. The number of aliphatic imine (C=N–C) groups is 1. The van der Waals surface area contributed by atoms with Crippen molar-refractivity contribution in [3.8, 4) is 5.75 Å². The van der Waals surface area contributed by atoms with Crippen LogP contribution in [0.5, 0.6) is 5.75 Å². The Hall–Kier alpha value is -2.36. The molecule has 0 radical (unpaired) electrons. The average molecular weight is 528 g/mol. The number of carbonyl (C=O) groups excluding carboxylic acids is 1. The molecular weight excluding hydrogens is 498 g/mol. The van der Waals surface area contributed by atoms with Crippen LogP contribution in [0.15, 0.2) is 53.5 Å². The highest BCUT2D eigenvalue weighted by Gasteiger charge is 2.07. The number of guanidine groups is 1. The van der Waals surface area contributed by atoms with Gasteiger partial charge >= 0.3 is 0 Å². The molecule has 3 N–H and O–H groups in total. The number of rotatable bonds is 9. The Morgan fingerprint density at radius 3 is 2.47 bits per heavy atom. The molecule has 1 atom stereocenters. The smallest absolute Gasteiger partial charge is 0.224 e. The average Bonchev–Trinajstić information content (AvgIpc) is 2.69. The van der Waals surface area contributed by atoms with Gasteiger partial charge in [0.15, 0.2) is 5.96 Å². The summed E-state index contributed by atoms with van der Waals surface area (Å²) in [7, 11) is 1.69. The van der Waals surface area contributed by atoms with Gasteiger partial charge in [-0.05, 0) is 49.2 Å². The molecule has 0 saturated heterocycles. The number of nitrogens with zero attached hydrogens (tertiary/aromatic N) is 1. The molecular formula is C22H30FIN4O2. The highest BCUT2D eigenvalue weighted by Crippen LogP contribution is 2.13. The monoisotopic (exact) mass is 528 g/mol. The molecule has 0 heterocycles. The van der Waals surface area contributed by atoms with Crippen LogP contribution < -0.4 is 20.7 Å². The zero-order chi connectivity index (χ0) is 21.1. The molecule has 0 saturated carbocycles. The summed E-state index contributed by atoms with van der Waals surface area (Å²) in [6, 6.07) is 13.9. The van der Waals surface area contributed by atoms with Crippen LogP contribution >= 0.6 is 24.0 Å². The van der Waals surface area contributed by atoms with Crippen LogP contribution in [0.3, 0.4) is 0 Å². The first-order chi connectivity index (χ1) is 14.0. The van der Waals surface area contributed by atoms with E-state index in [1.807, 2.05) is 38.1 Å². The number of carbonyl (C=O) groups is 1. The molecule has 8 heteroatoms. The predicted octanol–water partition coefficient (Wildman–Crippen LogP) is 3.04. The molecule has 1 unspecified atom stereocenters. The van der Waals surface area contributed by atoms with Crippen molar-refractivity contribution in [2.24, 2.45) is 4.99 Å². The number of hydrogen-bond donors (Lipinski definition) is 3. The first kappa shape index (κ1) is 25.7. The van der Waals surface area contributed by atoms with Crippen LogP contribution in [0.2, 0.25) is 0 Å². The third kappa shape index (κ3) is 9.91. The second-order valence-electron chi connectivity index (χ2n) is 6.78. The van der Waals surface area contributed by atoms with Gasteiger partial charge in [0.25, 0.3) is 0 Å². The van der Waals surface area contributed by atoms with E-state index in [1.165, 1.54) is 12.1 Å². The molecule has 0 aliphatic rings. The van der Waals surface area contributed by atoms with Crippen LogP contribution in [0, 0.1) is 12.7 Å². The van der Waals surface area contributed by atoms with Gasteiger partial charge in [-0.25, -0.2) is 4.39 Å². The van der Waals surface area contributed by atoms with Crippen molar-refractivity contribution in [2.75, 3.05) is 26.7 Å². The Bertz CT molecular complexity index is 815. The molecule has 30 heavy (non-hydrogen) atoms. The quantitative estimate of drug-likeness (QED) is 0.203. The molecule has 0 aliphatic carbocycles. The second-order valence-corrected chi connectivity index (χ2v) is 6.78. The summed E-state index contributed by atoms with van der Waals surface area (Å²) in [5, 5.41) is 9.17. The predicted molar refractivity (Wildman–Crippen MR) is 129 cm³/mol. The highest BCUT2D eigenvalue weighted by atomic mass is 127. The van der Waals surface area contributed by atoms with E-state index in [1.54, 1.807) is 19.2 Å². The number of ether oxygens (including phenoxy) is 1. The lowest BCUT2D eigenvalue weighted by atomic mass is 10.1. The van der Waals surface area contributed by atoms with Crippen LogP contribution in [0.25, 0.3) is 0 Å². The summed E-state index contributed by atoms with van der Waals surface area (Å²) in [5.41, 5.74) is 1.93. The summed E-state index contributed by atoms with van der Waals surface area (Å²) in [6.07, 6.45) is 0.187. The van der Waals surface area contributed by atoms with E-state index < -0.39 is 0 Å². The van der Waals surface area contributed by atoms with Gasteiger partial charge in [-0.15, -0.1) is 24.0 Å². The summed E-state index contributed by atoms with van der Waals surface area (Å²) >= 11 is 0. The van der Waals surface area contributed by atoms with Gasteiger partial charge in [-0.1, -0.05) is 24.3 Å². The van der Waals surface area contributed by atoms with Gasteiger partial charge in [0.05, 0.1) is 13.0 Å². The third-order valence-electron chi connectivity index (χ3n) is 4.12. The highest BCUT2D eigenvalue weighted by molar-refractivity contribution is 14.0. The topological polar surface area (TPSA) is 74.8 Å². The van der Waals surface area contributed by atoms with Gasteiger partial charge in [0.1, 0.15) is 17.7 Å². The van der Waals surface area contributed by atoms with E-state index in [2.05, 4.69) is 20.9 Å². The van der Waals surface area contributed by atoms with E-state index in [9.17, 15) is 9.18 Å². The maximum Gasteiger partial charge on any atom is 0.224 e. The van der Waals surface area contributed by atoms with Crippen molar-refractivity contribution in [1.29, 1.82) is 0 Å². The van der Waals surface area contributed by atoms with Gasteiger partial charge < -0.3 is 20.7 Å². The number of aryl methyl sites for hydroxylation is 1. The Morgan fingerprint density at radius 2 is 1.80 bits per heavy atom. The lowest BCUT2D eigenvalue weighted by molar-refractivity contribution is -0.120. The minimum atomic E-state index is -0.309. The van der Waals surface area contributed by atoms with E-state index in [0.29, 0.717) is 25.6 Å². The van der Waals surface area contributed by atoms with Gasteiger partial charge in [-0.3, -0.25) is 9.79 Å². The largest absolute Gasteiger partial charge is 0.489 e. The van der Waals surface area contributed by atoms with Gasteiger partial charge in [-0.2, -0.15) is 0 Å². The van der Waals surface area contributed by atoms with Crippen molar-refractivity contribution in [1.82, 2.24) is 16.0 Å². The standard InChI is InChI=1S/C22H29FN4O2.HI/c1-16-5-4-6-20(13-16)29-17(2)15-27-22(24-3)26-12-11-25-21(28)14-18-7-9-19(23)10-8-18;/h4-10,13,17H,11-12,14-15H2,1-3H3,(H,25,28)(H2,24,26,27);1H. The lowest BCUT2D eigenvalue weighted by Crippen LogP contribution is -2.44.